The molecular formula is C15H18N2O. The van der Waals surface area contributed by atoms with Gasteiger partial charge >= 0.3 is 0 Å². The molecule has 18 heavy (non-hydrogen) atoms. The average Bonchev–Trinajstić information content (AvgIpc) is 2.76. The summed E-state index contributed by atoms with van der Waals surface area (Å²) < 4.78 is 0. The highest BCUT2D eigenvalue weighted by atomic mass is 16.1. The van der Waals surface area contributed by atoms with Crippen molar-refractivity contribution >= 4 is 5.91 Å². The van der Waals surface area contributed by atoms with Crippen molar-refractivity contribution in [3.63, 3.8) is 0 Å². The van der Waals surface area contributed by atoms with Crippen LogP contribution in [0.5, 0.6) is 0 Å². The third-order valence-corrected chi connectivity index (χ3v) is 2.83. The van der Waals surface area contributed by atoms with Crippen LogP contribution in [-0.2, 0) is 17.6 Å². The molecule has 1 aromatic carbocycles. The summed E-state index contributed by atoms with van der Waals surface area (Å²) >= 11 is 0. The van der Waals surface area contributed by atoms with Crippen LogP contribution in [0.15, 0.2) is 42.6 Å². The van der Waals surface area contributed by atoms with Crippen LogP contribution in [0.1, 0.15) is 16.8 Å². The van der Waals surface area contributed by atoms with E-state index in [0.717, 1.165) is 17.7 Å². The minimum Gasteiger partial charge on any atom is -0.365 e. The lowest BCUT2D eigenvalue weighted by Crippen LogP contribution is -2.27. The van der Waals surface area contributed by atoms with Crippen LogP contribution < -0.4 is 5.32 Å². The van der Waals surface area contributed by atoms with Crippen LogP contribution >= 0.6 is 0 Å². The van der Waals surface area contributed by atoms with E-state index in [0.29, 0.717) is 13.0 Å². The van der Waals surface area contributed by atoms with Crippen molar-refractivity contribution < 1.29 is 4.79 Å². The molecule has 0 aliphatic heterocycles. The van der Waals surface area contributed by atoms with Gasteiger partial charge < -0.3 is 10.3 Å². The Bertz CT molecular complexity index is 502. The standard InChI is InChI=1S/C15H18N2O/c1-12-9-14(11-17-12)10-15(18)16-8-7-13-5-3-2-4-6-13/h2-6,9,11,17H,7-8,10H2,1H3,(H,16,18). The summed E-state index contributed by atoms with van der Waals surface area (Å²) in [6.07, 6.45) is 3.20. The highest BCUT2D eigenvalue weighted by molar-refractivity contribution is 5.78. The number of H-pyrrole nitrogens is 1. The van der Waals surface area contributed by atoms with E-state index in [2.05, 4.69) is 22.4 Å². The fourth-order valence-electron chi connectivity index (χ4n) is 1.91. The van der Waals surface area contributed by atoms with Gasteiger partial charge in [0.1, 0.15) is 0 Å². The molecule has 2 rings (SSSR count). The fourth-order valence-corrected chi connectivity index (χ4v) is 1.91. The van der Waals surface area contributed by atoms with Crippen LogP contribution in [0.25, 0.3) is 0 Å². The van der Waals surface area contributed by atoms with Gasteiger partial charge in [-0.05, 0) is 30.5 Å². The number of aromatic amines is 1. The van der Waals surface area contributed by atoms with Crippen molar-refractivity contribution in [2.24, 2.45) is 0 Å². The summed E-state index contributed by atoms with van der Waals surface area (Å²) in [7, 11) is 0. The molecule has 0 radical (unpaired) electrons. The molecule has 2 aromatic rings. The number of carbonyl (C=O) groups is 1. The Morgan fingerprint density at radius 1 is 1.22 bits per heavy atom. The maximum absolute atomic E-state index is 11.7. The summed E-state index contributed by atoms with van der Waals surface area (Å²) in [6, 6.07) is 12.2. The first-order valence-electron chi connectivity index (χ1n) is 6.18. The van der Waals surface area contributed by atoms with E-state index in [1.165, 1.54) is 5.56 Å². The first kappa shape index (κ1) is 12.4. The van der Waals surface area contributed by atoms with E-state index >= 15 is 0 Å². The molecule has 1 heterocycles. The van der Waals surface area contributed by atoms with E-state index in [1.54, 1.807) is 0 Å². The van der Waals surface area contributed by atoms with Gasteiger partial charge in [0.05, 0.1) is 6.42 Å². The number of hydrogen-bond acceptors (Lipinski definition) is 1. The number of benzene rings is 1. The summed E-state index contributed by atoms with van der Waals surface area (Å²) in [5.41, 5.74) is 3.36. The second-order valence-corrected chi connectivity index (χ2v) is 4.45. The Balaban J connectivity index is 1.72. The third kappa shape index (κ3) is 3.77. The molecule has 0 unspecified atom stereocenters. The van der Waals surface area contributed by atoms with Gasteiger partial charge in [0.25, 0.3) is 0 Å². The quantitative estimate of drug-likeness (QED) is 0.829. The molecule has 3 nitrogen and oxygen atoms in total. The Morgan fingerprint density at radius 2 is 2.00 bits per heavy atom. The minimum atomic E-state index is 0.0740. The largest absolute Gasteiger partial charge is 0.365 e. The summed E-state index contributed by atoms with van der Waals surface area (Å²) in [5.74, 6) is 0.0740. The number of rotatable bonds is 5. The van der Waals surface area contributed by atoms with Gasteiger partial charge in [-0.1, -0.05) is 30.3 Å². The molecule has 0 fully saturated rings. The Labute approximate surface area is 107 Å². The van der Waals surface area contributed by atoms with Crippen LogP contribution in [-0.4, -0.2) is 17.4 Å². The van der Waals surface area contributed by atoms with E-state index in [9.17, 15) is 4.79 Å². The predicted octanol–water partition coefficient (Wildman–Crippen LogP) is 2.22. The number of amides is 1. The maximum atomic E-state index is 11.7. The molecule has 1 amide bonds. The van der Waals surface area contributed by atoms with Gasteiger partial charge in [-0.2, -0.15) is 0 Å². The second-order valence-electron chi connectivity index (χ2n) is 4.45. The number of hydrogen-bond donors (Lipinski definition) is 2. The fraction of sp³-hybridized carbons (Fsp3) is 0.267. The van der Waals surface area contributed by atoms with Gasteiger partial charge in [-0.15, -0.1) is 0 Å². The Morgan fingerprint density at radius 3 is 2.67 bits per heavy atom. The molecule has 2 N–H and O–H groups in total. The molecule has 94 valence electrons. The summed E-state index contributed by atoms with van der Waals surface area (Å²) in [4.78, 5) is 14.8. The molecule has 0 bridgehead atoms. The lowest BCUT2D eigenvalue weighted by Gasteiger charge is -2.04. The Hall–Kier alpha value is -2.03. The first-order chi connectivity index (χ1) is 8.74. The predicted molar refractivity (Wildman–Crippen MR) is 72.4 cm³/mol. The zero-order chi connectivity index (χ0) is 12.8. The van der Waals surface area contributed by atoms with Crippen LogP contribution in [0.3, 0.4) is 0 Å². The van der Waals surface area contributed by atoms with Gasteiger partial charge in [-0.25, -0.2) is 0 Å². The molecule has 0 atom stereocenters. The maximum Gasteiger partial charge on any atom is 0.224 e. The summed E-state index contributed by atoms with van der Waals surface area (Å²) in [5, 5.41) is 2.94. The number of carbonyl (C=O) groups excluding carboxylic acids is 1. The SMILES string of the molecule is Cc1cc(CC(=O)NCCc2ccccc2)c[nH]1. The molecule has 1 aromatic heterocycles. The second kappa shape index (κ2) is 6.05. The summed E-state index contributed by atoms with van der Waals surface area (Å²) in [6.45, 7) is 2.67. The van der Waals surface area contributed by atoms with E-state index in [1.807, 2.05) is 37.4 Å². The van der Waals surface area contributed by atoms with E-state index in [4.69, 9.17) is 0 Å². The molecule has 0 aliphatic rings. The van der Waals surface area contributed by atoms with Gasteiger partial charge in [0.2, 0.25) is 5.91 Å². The highest BCUT2D eigenvalue weighted by Crippen LogP contribution is 2.03. The van der Waals surface area contributed by atoms with E-state index < -0.39 is 0 Å². The van der Waals surface area contributed by atoms with Crippen LogP contribution in [0.2, 0.25) is 0 Å². The van der Waals surface area contributed by atoms with Crippen LogP contribution in [0.4, 0.5) is 0 Å². The number of nitrogens with one attached hydrogen (secondary N) is 2. The van der Waals surface area contributed by atoms with Crippen LogP contribution in [0, 0.1) is 6.92 Å². The minimum absolute atomic E-state index is 0.0740. The highest BCUT2D eigenvalue weighted by Gasteiger charge is 2.03. The van der Waals surface area contributed by atoms with Gasteiger partial charge in [0.15, 0.2) is 0 Å². The molecule has 0 saturated carbocycles. The molecule has 0 aliphatic carbocycles. The zero-order valence-electron chi connectivity index (χ0n) is 10.6. The van der Waals surface area contributed by atoms with Crippen molar-refractivity contribution in [3.05, 3.63) is 59.4 Å². The smallest absolute Gasteiger partial charge is 0.224 e. The topological polar surface area (TPSA) is 44.9 Å². The third-order valence-electron chi connectivity index (χ3n) is 2.83. The first-order valence-corrected chi connectivity index (χ1v) is 6.18. The number of aromatic nitrogens is 1. The van der Waals surface area contributed by atoms with Crippen molar-refractivity contribution in [1.82, 2.24) is 10.3 Å². The van der Waals surface area contributed by atoms with Crippen molar-refractivity contribution in [2.75, 3.05) is 6.54 Å². The van der Waals surface area contributed by atoms with Gasteiger partial charge in [0, 0.05) is 18.4 Å². The molecule has 0 spiro atoms. The molecular weight excluding hydrogens is 224 g/mol. The lowest BCUT2D eigenvalue weighted by atomic mass is 10.1. The monoisotopic (exact) mass is 242 g/mol. The van der Waals surface area contributed by atoms with Gasteiger partial charge in [-0.3, -0.25) is 4.79 Å². The Kier molecular flexibility index (Phi) is 4.18. The van der Waals surface area contributed by atoms with E-state index in [-0.39, 0.29) is 5.91 Å². The van der Waals surface area contributed by atoms with Crippen molar-refractivity contribution in [2.45, 2.75) is 19.8 Å². The normalized spacial score (nSPS) is 10.3. The van der Waals surface area contributed by atoms with Crippen molar-refractivity contribution in [3.8, 4) is 0 Å². The zero-order valence-corrected chi connectivity index (χ0v) is 10.6. The molecule has 3 heteroatoms. The average molecular weight is 242 g/mol. The number of aryl methyl sites for hydroxylation is 1. The molecule has 0 saturated heterocycles. The van der Waals surface area contributed by atoms with Crippen molar-refractivity contribution in [1.29, 1.82) is 0 Å². The lowest BCUT2D eigenvalue weighted by molar-refractivity contribution is -0.120.